The summed E-state index contributed by atoms with van der Waals surface area (Å²) < 4.78 is 16.6. The van der Waals surface area contributed by atoms with Crippen molar-refractivity contribution in [3.05, 3.63) is 66.6 Å². The molecule has 6 rings (SSSR count). The van der Waals surface area contributed by atoms with Crippen molar-refractivity contribution >= 4 is 65.1 Å². The van der Waals surface area contributed by atoms with Gasteiger partial charge in [0.1, 0.15) is 11.6 Å². The summed E-state index contributed by atoms with van der Waals surface area (Å²) in [6.07, 6.45) is 11.2. The average molecular weight is 581 g/mol. The Labute approximate surface area is 236 Å². The van der Waals surface area contributed by atoms with Crippen LogP contribution in [0.4, 0.5) is 10.2 Å². The van der Waals surface area contributed by atoms with Crippen LogP contribution in [-0.2, 0) is 0 Å². The van der Waals surface area contributed by atoms with E-state index >= 15 is 0 Å². The van der Waals surface area contributed by atoms with E-state index in [1.54, 1.807) is 30.2 Å². The number of nitrogen functional groups attached to an aromatic ring is 1. The number of aromatic nitrogens is 5. The molecule has 0 aliphatic carbocycles. The summed E-state index contributed by atoms with van der Waals surface area (Å²) in [5, 5.41) is 9.21. The Balaban J connectivity index is 0.00000127. The van der Waals surface area contributed by atoms with E-state index in [1.807, 2.05) is 23.0 Å². The molecule has 0 bridgehead atoms. The van der Waals surface area contributed by atoms with Gasteiger partial charge >= 0.3 is 0 Å². The Morgan fingerprint density at radius 2 is 1.73 bits per heavy atom. The fraction of sp³-hybridized carbons (Fsp3) is 0.200. The van der Waals surface area contributed by atoms with Gasteiger partial charge < -0.3 is 11.1 Å². The molecule has 4 aromatic heterocycles. The molecule has 7 nitrogen and oxygen atoms in total. The maximum absolute atomic E-state index is 14.6. The van der Waals surface area contributed by atoms with Crippen LogP contribution in [0, 0.1) is 5.82 Å². The summed E-state index contributed by atoms with van der Waals surface area (Å²) in [5.74, 6) is 0.0598. The molecule has 0 unspecified atom stereocenters. The monoisotopic (exact) mass is 579 g/mol. The number of thiazole rings is 1. The third-order valence-corrected chi connectivity index (χ3v) is 7.16. The minimum Gasteiger partial charge on any atom is -0.383 e. The Morgan fingerprint density at radius 1 is 0.919 bits per heavy atom. The lowest BCUT2D eigenvalue weighted by Crippen LogP contribution is -2.29. The smallest absolute Gasteiger partial charge is 0.132 e. The standard InChI is InChI=1S/C25H22FN7S.3ClH/c26-22-2-1-18(24-12-29-14-34-24)19-8-23(30-11-21(19)22)20-7-15(9-31-25(20)27)16-10-32-33(13-16)17-3-5-28-6-4-17;;;/h1-2,7-14,17,28H,3-6H2,(H2,27,31);3*1H. The van der Waals surface area contributed by atoms with E-state index in [4.69, 9.17) is 5.73 Å². The number of pyridine rings is 2. The SMILES string of the molecule is Cl.Cl.Cl.Nc1ncc(-c2cnn(C3CCNCC3)c2)cc1-c1cc2c(-c3cncs3)ccc(F)c2cn1. The molecule has 0 radical (unpaired) electrons. The van der Waals surface area contributed by atoms with Crippen LogP contribution in [0.5, 0.6) is 0 Å². The first-order valence-electron chi connectivity index (χ1n) is 11.2. The fourth-order valence-corrected chi connectivity index (χ4v) is 5.17. The summed E-state index contributed by atoms with van der Waals surface area (Å²) in [6.45, 7) is 2.01. The van der Waals surface area contributed by atoms with Gasteiger partial charge in [0.25, 0.3) is 0 Å². The van der Waals surface area contributed by atoms with Crippen molar-refractivity contribution < 1.29 is 4.39 Å². The molecule has 5 heterocycles. The molecule has 1 aliphatic heterocycles. The minimum absolute atomic E-state index is 0. The topological polar surface area (TPSA) is 94.5 Å². The number of piperidine rings is 1. The van der Waals surface area contributed by atoms with Crippen LogP contribution < -0.4 is 11.1 Å². The molecular weight excluding hydrogens is 556 g/mol. The Kier molecular flexibility index (Phi) is 9.44. The fourth-order valence-electron chi connectivity index (χ4n) is 4.51. The van der Waals surface area contributed by atoms with Gasteiger partial charge in [-0.25, -0.2) is 9.37 Å². The number of benzene rings is 1. The molecule has 1 aliphatic rings. The van der Waals surface area contributed by atoms with Crippen LogP contribution in [0.15, 0.2) is 60.8 Å². The van der Waals surface area contributed by atoms with E-state index in [-0.39, 0.29) is 43.0 Å². The number of rotatable bonds is 4. The number of anilines is 1. The van der Waals surface area contributed by atoms with E-state index in [9.17, 15) is 4.39 Å². The second-order valence-corrected chi connectivity index (χ2v) is 9.31. The number of hydrogen-bond acceptors (Lipinski definition) is 7. The number of nitrogens with one attached hydrogen (secondary N) is 1. The van der Waals surface area contributed by atoms with Crippen molar-refractivity contribution in [3.63, 3.8) is 0 Å². The summed E-state index contributed by atoms with van der Waals surface area (Å²) in [4.78, 5) is 14.1. The molecule has 0 spiro atoms. The van der Waals surface area contributed by atoms with Crippen molar-refractivity contribution in [1.82, 2.24) is 30.0 Å². The average Bonchev–Trinajstić information content (AvgIpc) is 3.58. The van der Waals surface area contributed by atoms with Crippen molar-refractivity contribution in [2.45, 2.75) is 18.9 Å². The molecule has 1 saturated heterocycles. The molecule has 0 amide bonds. The first kappa shape index (κ1) is 28.7. The van der Waals surface area contributed by atoms with E-state index in [0.717, 1.165) is 52.9 Å². The van der Waals surface area contributed by atoms with Crippen molar-refractivity contribution in [2.75, 3.05) is 18.8 Å². The highest BCUT2D eigenvalue weighted by Crippen LogP contribution is 2.36. The second kappa shape index (κ2) is 12.1. The first-order valence-corrected chi connectivity index (χ1v) is 12.0. The number of halogens is 4. The van der Waals surface area contributed by atoms with Gasteiger partial charge in [-0.3, -0.25) is 14.6 Å². The summed E-state index contributed by atoms with van der Waals surface area (Å²) in [6, 6.07) is 7.50. The van der Waals surface area contributed by atoms with Crippen LogP contribution >= 0.6 is 48.6 Å². The molecule has 5 aromatic rings. The maximum Gasteiger partial charge on any atom is 0.132 e. The largest absolute Gasteiger partial charge is 0.383 e. The van der Waals surface area contributed by atoms with Crippen LogP contribution in [-0.4, -0.2) is 37.8 Å². The summed E-state index contributed by atoms with van der Waals surface area (Å²) in [7, 11) is 0. The van der Waals surface area contributed by atoms with Crippen LogP contribution in [0.1, 0.15) is 18.9 Å². The van der Waals surface area contributed by atoms with E-state index in [1.165, 1.54) is 17.4 Å². The first-order chi connectivity index (χ1) is 16.7. The third-order valence-electron chi connectivity index (χ3n) is 6.36. The maximum atomic E-state index is 14.6. The zero-order valence-corrected chi connectivity index (χ0v) is 22.8. The van der Waals surface area contributed by atoms with E-state index < -0.39 is 0 Å². The molecule has 1 aromatic carbocycles. The predicted molar refractivity (Wildman–Crippen MR) is 155 cm³/mol. The zero-order valence-electron chi connectivity index (χ0n) is 19.5. The van der Waals surface area contributed by atoms with Gasteiger partial charge in [0, 0.05) is 52.4 Å². The summed E-state index contributed by atoms with van der Waals surface area (Å²) in [5.41, 5.74) is 12.2. The zero-order chi connectivity index (χ0) is 23.1. The molecule has 0 saturated carbocycles. The molecule has 3 N–H and O–H groups in total. The van der Waals surface area contributed by atoms with Gasteiger partial charge in [0.05, 0.1) is 28.3 Å². The lowest BCUT2D eigenvalue weighted by molar-refractivity contribution is 0.343. The lowest BCUT2D eigenvalue weighted by Gasteiger charge is -2.22. The molecule has 0 atom stereocenters. The highest BCUT2D eigenvalue weighted by Gasteiger charge is 2.18. The number of fused-ring (bicyclic) bond motifs is 1. The molecule has 37 heavy (non-hydrogen) atoms. The molecule has 12 heteroatoms. The number of nitrogens with zero attached hydrogens (tertiary/aromatic N) is 5. The van der Waals surface area contributed by atoms with Gasteiger partial charge in [0.2, 0.25) is 0 Å². The lowest BCUT2D eigenvalue weighted by atomic mass is 10.0. The van der Waals surface area contributed by atoms with Crippen molar-refractivity contribution in [2.24, 2.45) is 0 Å². The second-order valence-electron chi connectivity index (χ2n) is 8.42. The Hall–Kier alpha value is -2.82. The van der Waals surface area contributed by atoms with Crippen LogP contribution in [0.2, 0.25) is 0 Å². The highest BCUT2D eigenvalue weighted by atomic mass is 35.5. The molecule has 194 valence electrons. The Bertz CT molecular complexity index is 1490. The Morgan fingerprint density at radius 3 is 2.49 bits per heavy atom. The van der Waals surface area contributed by atoms with Crippen molar-refractivity contribution in [1.29, 1.82) is 0 Å². The van der Waals surface area contributed by atoms with Gasteiger partial charge in [-0.15, -0.1) is 48.6 Å². The van der Waals surface area contributed by atoms with Crippen LogP contribution in [0.3, 0.4) is 0 Å². The highest BCUT2D eigenvalue weighted by molar-refractivity contribution is 7.13. The van der Waals surface area contributed by atoms with Gasteiger partial charge in [-0.1, -0.05) is 0 Å². The van der Waals surface area contributed by atoms with Crippen molar-refractivity contribution in [3.8, 4) is 32.8 Å². The van der Waals surface area contributed by atoms with E-state index in [0.29, 0.717) is 28.5 Å². The number of nitrogens with two attached hydrogens (primary N) is 1. The number of hydrogen-bond donors (Lipinski definition) is 2. The molecular formula is C25H25Cl3FN7S. The molecule has 1 fully saturated rings. The normalized spacial score (nSPS) is 13.4. The van der Waals surface area contributed by atoms with Gasteiger partial charge in [0.15, 0.2) is 0 Å². The minimum atomic E-state index is -0.313. The van der Waals surface area contributed by atoms with Gasteiger partial charge in [-0.05, 0) is 55.6 Å². The van der Waals surface area contributed by atoms with Gasteiger partial charge in [-0.2, -0.15) is 5.10 Å². The van der Waals surface area contributed by atoms with Crippen LogP contribution in [0.25, 0.3) is 43.6 Å². The third kappa shape index (κ3) is 5.56. The summed E-state index contributed by atoms with van der Waals surface area (Å²) >= 11 is 1.51. The van der Waals surface area contributed by atoms with E-state index in [2.05, 4.69) is 31.6 Å². The predicted octanol–water partition coefficient (Wildman–Crippen LogP) is 6.20. The quantitative estimate of drug-likeness (QED) is 0.263.